The molecular weight excluding hydrogens is 331 g/mol. The number of hydrogen-bond donors (Lipinski definition) is 2. The van der Waals surface area contributed by atoms with E-state index in [1.54, 1.807) is 5.38 Å². The molecule has 2 heterocycles. The second-order valence-electron chi connectivity index (χ2n) is 5.43. The topological polar surface area (TPSA) is 66.9 Å². The summed E-state index contributed by atoms with van der Waals surface area (Å²) in [6, 6.07) is 0. The van der Waals surface area contributed by atoms with Gasteiger partial charge >= 0.3 is 6.18 Å². The van der Waals surface area contributed by atoms with E-state index in [9.17, 15) is 22.8 Å². The van der Waals surface area contributed by atoms with E-state index < -0.39 is 29.0 Å². The first kappa shape index (κ1) is 15.9. The van der Waals surface area contributed by atoms with Crippen LogP contribution in [0.25, 0.3) is 0 Å². The Labute approximate surface area is 133 Å². The van der Waals surface area contributed by atoms with E-state index in [2.05, 4.69) is 5.32 Å². The highest BCUT2D eigenvalue weighted by molar-refractivity contribution is 7.10. The molecule has 23 heavy (non-hydrogen) atoms. The molecule has 0 fully saturated rings. The predicted molar refractivity (Wildman–Crippen MR) is 79.9 cm³/mol. The molecule has 0 aliphatic heterocycles. The second kappa shape index (κ2) is 5.55. The molecule has 1 aliphatic rings. The van der Waals surface area contributed by atoms with Crippen molar-refractivity contribution in [1.82, 2.24) is 9.78 Å². The smallest absolute Gasteiger partial charge is 0.315 e. The first-order valence-electron chi connectivity index (χ1n) is 7.06. The molecule has 0 aromatic carbocycles. The minimum absolute atomic E-state index is 0.362. The van der Waals surface area contributed by atoms with E-state index in [1.807, 2.05) is 5.10 Å². The molecule has 0 saturated heterocycles. The normalized spacial score (nSPS) is 14.6. The van der Waals surface area contributed by atoms with Crippen molar-refractivity contribution in [1.29, 1.82) is 0 Å². The van der Waals surface area contributed by atoms with Gasteiger partial charge < -0.3 is 5.32 Å². The number of aromatic amines is 1. The van der Waals surface area contributed by atoms with Crippen molar-refractivity contribution in [3.8, 4) is 0 Å². The number of nitrogens with one attached hydrogen (secondary N) is 2. The van der Waals surface area contributed by atoms with Crippen molar-refractivity contribution in [3.05, 3.63) is 37.4 Å². The molecule has 2 aromatic rings. The average molecular weight is 345 g/mol. The Bertz CT molecular complexity index is 816. The fraction of sp³-hybridized carbons (Fsp3) is 0.429. The zero-order valence-electron chi connectivity index (χ0n) is 12.2. The molecule has 0 bridgehead atoms. The molecule has 2 aromatic heterocycles. The quantitative estimate of drug-likeness (QED) is 0.879. The third kappa shape index (κ3) is 2.80. The van der Waals surface area contributed by atoms with E-state index in [-0.39, 0.29) is 0 Å². The Balaban J connectivity index is 1.96. The lowest BCUT2D eigenvalue weighted by molar-refractivity contribution is -0.143. The van der Waals surface area contributed by atoms with Crippen LogP contribution in [-0.4, -0.2) is 15.7 Å². The Morgan fingerprint density at radius 3 is 2.74 bits per heavy atom. The van der Waals surface area contributed by atoms with Crippen molar-refractivity contribution in [3.63, 3.8) is 0 Å². The first-order valence-corrected chi connectivity index (χ1v) is 7.93. The Kier molecular flexibility index (Phi) is 3.83. The number of aromatic nitrogens is 2. The minimum atomic E-state index is -4.75. The molecule has 9 heteroatoms. The van der Waals surface area contributed by atoms with Crippen LogP contribution < -0.4 is 10.9 Å². The maximum absolute atomic E-state index is 13.1. The Hall–Kier alpha value is -2.03. The second-order valence-corrected chi connectivity index (χ2v) is 6.40. The molecule has 0 saturated carbocycles. The molecule has 124 valence electrons. The maximum atomic E-state index is 13.1. The van der Waals surface area contributed by atoms with Gasteiger partial charge in [-0.15, -0.1) is 11.3 Å². The number of H-pyrrole nitrogens is 1. The molecule has 0 radical (unpaired) electrons. The number of hydrogen-bond acceptors (Lipinski definition) is 3. The van der Waals surface area contributed by atoms with Crippen molar-refractivity contribution in [2.45, 2.75) is 31.9 Å². The van der Waals surface area contributed by atoms with Gasteiger partial charge in [-0.1, -0.05) is 0 Å². The number of carbonyl (C=O) groups excluding carboxylic acids is 1. The third-order valence-corrected chi connectivity index (χ3v) is 4.97. The van der Waals surface area contributed by atoms with E-state index in [0.717, 1.165) is 43.2 Å². The van der Waals surface area contributed by atoms with Crippen LogP contribution >= 0.6 is 11.3 Å². The van der Waals surface area contributed by atoms with Gasteiger partial charge in [0.15, 0.2) is 5.69 Å². The highest BCUT2D eigenvalue weighted by atomic mass is 32.1. The van der Waals surface area contributed by atoms with Crippen molar-refractivity contribution < 1.29 is 18.0 Å². The summed E-state index contributed by atoms with van der Waals surface area (Å²) in [7, 11) is 1.08. The number of halogens is 3. The summed E-state index contributed by atoms with van der Waals surface area (Å²) in [5.74, 6) is -0.674. The molecular formula is C14H14F3N3O2S. The van der Waals surface area contributed by atoms with Gasteiger partial charge in [-0.3, -0.25) is 19.4 Å². The molecule has 2 N–H and O–H groups in total. The van der Waals surface area contributed by atoms with Crippen LogP contribution in [0.2, 0.25) is 0 Å². The Morgan fingerprint density at radius 2 is 2.04 bits per heavy atom. The third-order valence-electron chi connectivity index (χ3n) is 3.88. The van der Waals surface area contributed by atoms with Crippen LogP contribution in [0, 0.1) is 0 Å². The van der Waals surface area contributed by atoms with Gasteiger partial charge in [-0.05, 0) is 31.2 Å². The highest BCUT2D eigenvalue weighted by Crippen LogP contribution is 2.34. The molecule has 0 unspecified atom stereocenters. The summed E-state index contributed by atoms with van der Waals surface area (Å²) in [6.45, 7) is 0. The number of anilines is 1. The SMILES string of the molecule is Cn1[nH]c(=O)c(NC(=O)c2csc3c2CCCC3)c1C(F)(F)F. The number of nitrogens with zero attached hydrogens (tertiary/aromatic N) is 1. The Morgan fingerprint density at radius 1 is 1.35 bits per heavy atom. The number of aryl methyl sites for hydroxylation is 2. The van der Waals surface area contributed by atoms with Gasteiger partial charge in [-0.25, -0.2) is 0 Å². The molecule has 1 amide bonds. The van der Waals surface area contributed by atoms with Crippen LogP contribution in [0.1, 0.15) is 39.3 Å². The number of thiophene rings is 1. The van der Waals surface area contributed by atoms with Gasteiger partial charge in [0.25, 0.3) is 11.5 Å². The van der Waals surface area contributed by atoms with Crippen LogP contribution in [-0.2, 0) is 26.1 Å². The van der Waals surface area contributed by atoms with Gasteiger partial charge in [0.05, 0.1) is 5.56 Å². The van der Waals surface area contributed by atoms with Crippen molar-refractivity contribution in [2.24, 2.45) is 7.05 Å². The van der Waals surface area contributed by atoms with E-state index in [0.29, 0.717) is 10.2 Å². The highest BCUT2D eigenvalue weighted by Gasteiger charge is 2.39. The summed E-state index contributed by atoms with van der Waals surface area (Å²) in [5, 5.41) is 5.82. The number of amides is 1. The molecule has 0 spiro atoms. The fourth-order valence-corrected chi connectivity index (χ4v) is 3.98. The van der Waals surface area contributed by atoms with Crippen molar-refractivity contribution in [2.75, 3.05) is 5.32 Å². The fourth-order valence-electron chi connectivity index (χ4n) is 2.85. The van der Waals surface area contributed by atoms with Crippen LogP contribution in [0.15, 0.2) is 10.2 Å². The molecule has 0 atom stereocenters. The molecule has 1 aliphatic carbocycles. The number of alkyl halides is 3. The largest absolute Gasteiger partial charge is 0.435 e. The summed E-state index contributed by atoms with van der Waals surface area (Å²) in [6.07, 6.45) is -1.13. The monoisotopic (exact) mass is 345 g/mol. The zero-order valence-corrected chi connectivity index (χ0v) is 13.0. The van der Waals surface area contributed by atoms with Crippen molar-refractivity contribution >= 4 is 22.9 Å². The number of fused-ring (bicyclic) bond motifs is 1. The van der Waals surface area contributed by atoms with E-state index in [4.69, 9.17) is 0 Å². The minimum Gasteiger partial charge on any atom is -0.315 e. The number of carbonyl (C=O) groups is 1. The van der Waals surface area contributed by atoms with Crippen LogP contribution in [0.5, 0.6) is 0 Å². The van der Waals surface area contributed by atoms with Gasteiger partial charge in [0, 0.05) is 17.3 Å². The number of rotatable bonds is 2. The lowest BCUT2D eigenvalue weighted by atomic mass is 9.95. The van der Waals surface area contributed by atoms with Gasteiger partial charge in [-0.2, -0.15) is 13.2 Å². The molecule has 5 nitrogen and oxygen atoms in total. The van der Waals surface area contributed by atoms with Crippen LogP contribution in [0.4, 0.5) is 18.9 Å². The summed E-state index contributed by atoms with van der Waals surface area (Å²) < 4.78 is 39.7. The average Bonchev–Trinajstić information content (AvgIpc) is 2.99. The maximum Gasteiger partial charge on any atom is 0.435 e. The van der Waals surface area contributed by atoms with Gasteiger partial charge in [0.1, 0.15) is 5.69 Å². The summed E-state index contributed by atoms with van der Waals surface area (Å²) in [5.41, 5.74) is -1.68. The lowest BCUT2D eigenvalue weighted by Crippen LogP contribution is -2.21. The van der Waals surface area contributed by atoms with Crippen LogP contribution in [0.3, 0.4) is 0 Å². The first-order chi connectivity index (χ1) is 10.8. The summed E-state index contributed by atoms with van der Waals surface area (Å²) in [4.78, 5) is 25.2. The van der Waals surface area contributed by atoms with Gasteiger partial charge in [0.2, 0.25) is 0 Å². The predicted octanol–water partition coefficient (Wildman–Crippen LogP) is 2.92. The zero-order chi connectivity index (χ0) is 16.8. The molecule has 3 rings (SSSR count). The standard InChI is InChI=1S/C14H14F3N3O2S/c1-20-11(14(15,16)17)10(13(22)19-20)18-12(21)8-6-23-9-5-3-2-4-7(8)9/h6H,2-5H2,1H3,(H,18,21)(H,19,22). The lowest BCUT2D eigenvalue weighted by Gasteiger charge is -2.13. The van der Waals surface area contributed by atoms with E-state index in [1.165, 1.54) is 11.3 Å². The summed E-state index contributed by atoms with van der Waals surface area (Å²) >= 11 is 1.44. The van der Waals surface area contributed by atoms with E-state index >= 15 is 0 Å².